The van der Waals surface area contributed by atoms with Gasteiger partial charge < -0.3 is 5.11 Å². The van der Waals surface area contributed by atoms with Crippen molar-refractivity contribution in [3.05, 3.63) is 65.4 Å². The SMILES string of the molecule is O=C(O)c1cccc(-n2nncc2-c2ccc3c(c2)CCCC3)c1. The summed E-state index contributed by atoms with van der Waals surface area (Å²) in [5.74, 6) is -0.952. The monoisotopic (exact) mass is 319 g/mol. The van der Waals surface area contributed by atoms with E-state index in [1.54, 1.807) is 29.1 Å². The van der Waals surface area contributed by atoms with Crippen molar-refractivity contribution in [2.24, 2.45) is 0 Å². The highest BCUT2D eigenvalue weighted by atomic mass is 16.4. The van der Waals surface area contributed by atoms with E-state index in [0.717, 1.165) is 24.1 Å². The number of fused-ring (bicyclic) bond motifs is 1. The molecule has 1 aromatic heterocycles. The molecule has 0 spiro atoms. The third-order valence-electron chi connectivity index (χ3n) is 4.53. The van der Waals surface area contributed by atoms with E-state index in [0.29, 0.717) is 5.69 Å². The number of aromatic carboxylic acids is 1. The van der Waals surface area contributed by atoms with E-state index < -0.39 is 5.97 Å². The second-order valence-electron chi connectivity index (χ2n) is 6.08. The molecule has 5 nitrogen and oxygen atoms in total. The molecule has 1 heterocycles. The maximum Gasteiger partial charge on any atom is 0.335 e. The average molecular weight is 319 g/mol. The van der Waals surface area contributed by atoms with Gasteiger partial charge in [0.2, 0.25) is 0 Å². The van der Waals surface area contributed by atoms with Gasteiger partial charge in [0.25, 0.3) is 0 Å². The number of nitrogens with zero attached hydrogens (tertiary/aromatic N) is 3. The van der Waals surface area contributed by atoms with Crippen molar-refractivity contribution < 1.29 is 9.90 Å². The number of hydrogen-bond acceptors (Lipinski definition) is 3. The first kappa shape index (κ1) is 14.6. The summed E-state index contributed by atoms with van der Waals surface area (Å²) in [6.07, 6.45) is 6.47. The van der Waals surface area contributed by atoms with E-state index in [4.69, 9.17) is 0 Å². The molecule has 0 saturated carbocycles. The summed E-state index contributed by atoms with van der Waals surface area (Å²) in [5, 5.41) is 17.4. The summed E-state index contributed by atoms with van der Waals surface area (Å²) >= 11 is 0. The van der Waals surface area contributed by atoms with E-state index in [-0.39, 0.29) is 5.56 Å². The molecular weight excluding hydrogens is 302 g/mol. The first-order chi connectivity index (χ1) is 11.7. The molecule has 0 fully saturated rings. The smallest absolute Gasteiger partial charge is 0.335 e. The van der Waals surface area contributed by atoms with Gasteiger partial charge in [0.1, 0.15) is 0 Å². The summed E-state index contributed by atoms with van der Waals surface area (Å²) in [5.41, 5.74) is 5.68. The van der Waals surface area contributed by atoms with Gasteiger partial charge in [-0.15, -0.1) is 5.10 Å². The lowest BCUT2D eigenvalue weighted by Crippen LogP contribution is -2.05. The van der Waals surface area contributed by atoms with Crippen LogP contribution >= 0.6 is 0 Å². The molecular formula is C19H17N3O2. The summed E-state index contributed by atoms with van der Waals surface area (Å²) < 4.78 is 1.69. The Hall–Kier alpha value is -2.95. The molecule has 1 aliphatic carbocycles. The molecule has 5 heteroatoms. The lowest BCUT2D eigenvalue weighted by atomic mass is 9.90. The fraction of sp³-hybridized carbons (Fsp3) is 0.211. The molecule has 0 unspecified atom stereocenters. The normalized spacial score (nSPS) is 13.5. The highest BCUT2D eigenvalue weighted by Gasteiger charge is 2.14. The van der Waals surface area contributed by atoms with Gasteiger partial charge in [0, 0.05) is 5.56 Å². The number of carbonyl (C=O) groups is 1. The van der Waals surface area contributed by atoms with Crippen molar-refractivity contribution in [2.75, 3.05) is 0 Å². The summed E-state index contributed by atoms with van der Waals surface area (Å²) in [4.78, 5) is 11.2. The van der Waals surface area contributed by atoms with Gasteiger partial charge in [-0.3, -0.25) is 0 Å². The zero-order valence-corrected chi connectivity index (χ0v) is 13.1. The predicted molar refractivity (Wildman–Crippen MR) is 90.4 cm³/mol. The van der Waals surface area contributed by atoms with Crippen LogP contribution in [0.2, 0.25) is 0 Å². The molecule has 3 aromatic rings. The minimum atomic E-state index is -0.952. The summed E-state index contributed by atoms with van der Waals surface area (Å²) in [6, 6.07) is 13.2. The maximum absolute atomic E-state index is 11.2. The van der Waals surface area contributed by atoms with Gasteiger partial charge in [-0.1, -0.05) is 23.4 Å². The van der Waals surface area contributed by atoms with Crippen molar-refractivity contribution in [1.29, 1.82) is 0 Å². The molecule has 1 N–H and O–H groups in total. The summed E-state index contributed by atoms with van der Waals surface area (Å²) in [7, 11) is 0. The van der Waals surface area contributed by atoms with E-state index in [1.165, 1.54) is 24.0 Å². The number of benzene rings is 2. The average Bonchev–Trinajstić information content (AvgIpc) is 3.11. The second kappa shape index (κ2) is 5.92. The minimum Gasteiger partial charge on any atom is -0.478 e. The lowest BCUT2D eigenvalue weighted by Gasteiger charge is -2.16. The molecule has 0 radical (unpaired) electrons. The lowest BCUT2D eigenvalue weighted by molar-refractivity contribution is 0.0697. The predicted octanol–water partition coefficient (Wildman–Crippen LogP) is 3.51. The van der Waals surface area contributed by atoms with E-state index >= 15 is 0 Å². The van der Waals surface area contributed by atoms with E-state index in [9.17, 15) is 9.90 Å². The maximum atomic E-state index is 11.2. The number of carboxylic acid groups (broad SMARTS) is 1. The molecule has 4 rings (SSSR count). The number of aryl methyl sites for hydroxylation is 2. The highest BCUT2D eigenvalue weighted by molar-refractivity contribution is 5.88. The highest BCUT2D eigenvalue weighted by Crippen LogP contribution is 2.28. The van der Waals surface area contributed by atoms with Crippen molar-refractivity contribution in [3.8, 4) is 16.9 Å². The fourth-order valence-corrected chi connectivity index (χ4v) is 3.29. The molecule has 0 atom stereocenters. The first-order valence-corrected chi connectivity index (χ1v) is 8.09. The van der Waals surface area contributed by atoms with Crippen LogP contribution < -0.4 is 0 Å². The Morgan fingerprint density at radius 1 is 1.04 bits per heavy atom. The van der Waals surface area contributed by atoms with E-state index in [2.05, 4.69) is 28.5 Å². The van der Waals surface area contributed by atoms with Crippen molar-refractivity contribution >= 4 is 5.97 Å². The zero-order valence-electron chi connectivity index (χ0n) is 13.1. The van der Waals surface area contributed by atoms with Crippen LogP contribution in [0.1, 0.15) is 34.3 Å². The topological polar surface area (TPSA) is 68.0 Å². The van der Waals surface area contributed by atoms with E-state index in [1.807, 2.05) is 6.07 Å². The molecule has 0 saturated heterocycles. The molecule has 120 valence electrons. The fourth-order valence-electron chi connectivity index (χ4n) is 3.29. The van der Waals surface area contributed by atoms with Gasteiger partial charge in [-0.05, 0) is 61.1 Å². The van der Waals surface area contributed by atoms with Crippen molar-refractivity contribution in [3.63, 3.8) is 0 Å². The van der Waals surface area contributed by atoms with Crippen LogP contribution in [0.4, 0.5) is 0 Å². The number of carboxylic acids is 1. The van der Waals surface area contributed by atoms with Gasteiger partial charge in [0.15, 0.2) is 0 Å². The van der Waals surface area contributed by atoms with Crippen LogP contribution in [0, 0.1) is 0 Å². The van der Waals surface area contributed by atoms with Crippen molar-refractivity contribution in [1.82, 2.24) is 15.0 Å². The largest absolute Gasteiger partial charge is 0.478 e. The van der Waals surface area contributed by atoms with Gasteiger partial charge >= 0.3 is 5.97 Å². The number of aromatic nitrogens is 3. The number of hydrogen-bond donors (Lipinski definition) is 1. The van der Waals surface area contributed by atoms with Crippen molar-refractivity contribution in [2.45, 2.75) is 25.7 Å². The third kappa shape index (κ3) is 2.58. The molecule has 2 aromatic carbocycles. The Kier molecular flexibility index (Phi) is 3.61. The van der Waals surface area contributed by atoms with Crippen LogP contribution in [0.3, 0.4) is 0 Å². The van der Waals surface area contributed by atoms with Gasteiger partial charge in [0.05, 0.1) is 23.1 Å². The second-order valence-corrected chi connectivity index (χ2v) is 6.08. The Morgan fingerprint density at radius 3 is 2.71 bits per heavy atom. The Balaban J connectivity index is 1.78. The first-order valence-electron chi connectivity index (χ1n) is 8.09. The summed E-state index contributed by atoms with van der Waals surface area (Å²) in [6.45, 7) is 0. The van der Waals surface area contributed by atoms with Crippen LogP contribution in [0.5, 0.6) is 0 Å². The van der Waals surface area contributed by atoms with Gasteiger partial charge in [-0.25, -0.2) is 9.48 Å². The molecule has 1 aliphatic rings. The quantitative estimate of drug-likeness (QED) is 0.802. The third-order valence-corrected chi connectivity index (χ3v) is 4.53. The van der Waals surface area contributed by atoms with Crippen LogP contribution in [-0.4, -0.2) is 26.1 Å². The Bertz CT molecular complexity index is 914. The molecule has 0 aliphatic heterocycles. The minimum absolute atomic E-state index is 0.236. The molecule has 0 amide bonds. The van der Waals surface area contributed by atoms with Crippen LogP contribution in [-0.2, 0) is 12.8 Å². The zero-order chi connectivity index (χ0) is 16.5. The van der Waals surface area contributed by atoms with Crippen LogP contribution in [0.25, 0.3) is 16.9 Å². The molecule has 24 heavy (non-hydrogen) atoms. The van der Waals surface area contributed by atoms with Gasteiger partial charge in [-0.2, -0.15) is 0 Å². The Labute approximate surface area is 139 Å². The standard InChI is InChI=1S/C19H17N3O2/c23-19(24)16-6-3-7-17(11-16)22-18(12-20-21-22)15-9-8-13-4-1-2-5-14(13)10-15/h3,6-12H,1-2,4-5H2,(H,23,24). The number of rotatable bonds is 3. The molecule has 0 bridgehead atoms. The van der Waals surface area contributed by atoms with Crippen LogP contribution in [0.15, 0.2) is 48.7 Å². The Morgan fingerprint density at radius 2 is 1.88 bits per heavy atom.